The molecule has 0 amide bonds. The van der Waals surface area contributed by atoms with Gasteiger partial charge in [0.15, 0.2) is 5.96 Å². The predicted molar refractivity (Wildman–Crippen MR) is 110 cm³/mol. The molecule has 0 aromatic heterocycles. The van der Waals surface area contributed by atoms with Crippen LogP contribution in [-0.2, 0) is 11.3 Å². The largest absolute Gasteiger partial charge is 0.373 e. The van der Waals surface area contributed by atoms with E-state index in [1.54, 1.807) is 0 Å². The van der Waals surface area contributed by atoms with Crippen LogP contribution >= 0.6 is 11.6 Å². The number of nitrogens with one attached hydrogen (secondary N) is 2. The first-order valence-electron chi connectivity index (χ1n) is 10.3. The molecule has 0 saturated carbocycles. The third kappa shape index (κ3) is 4.76. The van der Waals surface area contributed by atoms with Gasteiger partial charge < -0.3 is 15.4 Å². The van der Waals surface area contributed by atoms with Gasteiger partial charge in [-0.15, -0.1) is 0 Å². The van der Waals surface area contributed by atoms with Crippen LogP contribution in [0.15, 0.2) is 29.3 Å². The maximum atomic E-state index is 6.30. The zero-order valence-electron chi connectivity index (χ0n) is 16.2. The van der Waals surface area contributed by atoms with Crippen molar-refractivity contribution in [2.24, 2.45) is 10.9 Å². The highest BCUT2D eigenvalue weighted by molar-refractivity contribution is 6.31. The van der Waals surface area contributed by atoms with E-state index in [0.717, 1.165) is 43.6 Å². The number of benzene rings is 1. The third-order valence-corrected chi connectivity index (χ3v) is 6.64. The SMILES string of the molecule is CN=C(NCC1CCN(Cc2ccccc2Cl)CC1)NC1CC2CCC1O2. The lowest BCUT2D eigenvalue weighted by Gasteiger charge is -2.32. The highest BCUT2D eigenvalue weighted by atomic mass is 35.5. The lowest BCUT2D eigenvalue weighted by molar-refractivity contribution is 0.0992. The minimum atomic E-state index is 0.376. The van der Waals surface area contributed by atoms with Crippen LogP contribution in [0.1, 0.15) is 37.7 Å². The Balaban J connectivity index is 1.18. The second kappa shape index (κ2) is 8.80. The van der Waals surface area contributed by atoms with E-state index in [-0.39, 0.29) is 0 Å². The molecule has 3 atom stereocenters. The number of rotatable bonds is 5. The molecule has 4 rings (SSSR count). The molecule has 3 saturated heterocycles. The highest BCUT2D eigenvalue weighted by Crippen LogP contribution is 2.34. The van der Waals surface area contributed by atoms with Crippen molar-refractivity contribution in [2.45, 2.75) is 56.9 Å². The van der Waals surface area contributed by atoms with Gasteiger partial charge in [-0.3, -0.25) is 9.89 Å². The summed E-state index contributed by atoms with van der Waals surface area (Å²) in [7, 11) is 1.86. The molecule has 148 valence electrons. The van der Waals surface area contributed by atoms with Crippen LogP contribution in [0, 0.1) is 5.92 Å². The van der Waals surface area contributed by atoms with E-state index in [4.69, 9.17) is 16.3 Å². The lowest BCUT2D eigenvalue weighted by atomic mass is 9.95. The fraction of sp³-hybridized carbons (Fsp3) is 0.667. The summed E-state index contributed by atoms with van der Waals surface area (Å²) in [6.07, 6.45) is 6.79. The Morgan fingerprint density at radius 2 is 2.04 bits per heavy atom. The Labute approximate surface area is 167 Å². The number of guanidine groups is 1. The van der Waals surface area contributed by atoms with Crippen molar-refractivity contribution < 1.29 is 4.74 Å². The highest BCUT2D eigenvalue weighted by Gasteiger charge is 2.41. The van der Waals surface area contributed by atoms with E-state index in [1.165, 1.54) is 31.2 Å². The number of piperidine rings is 1. The maximum Gasteiger partial charge on any atom is 0.191 e. The smallest absolute Gasteiger partial charge is 0.191 e. The summed E-state index contributed by atoms with van der Waals surface area (Å²) < 4.78 is 5.93. The standard InChI is InChI=1S/C21H31ClN4O/c1-23-21(25-19-12-17-6-7-20(19)27-17)24-13-15-8-10-26(11-9-15)14-16-4-2-3-5-18(16)22/h2-5,15,17,19-20H,6-14H2,1H3,(H2,23,24,25). The van der Waals surface area contributed by atoms with Crippen LogP contribution in [0.2, 0.25) is 5.02 Å². The summed E-state index contributed by atoms with van der Waals surface area (Å²) >= 11 is 6.30. The minimum absolute atomic E-state index is 0.376. The van der Waals surface area contributed by atoms with Gasteiger partial charge in [-0.25, -0.2) is 0 Å². The molecule has 0 spiro atoms. The van der Waals surface area contributed by atoms with E-state index >= 15 is 0 Å². The average molecular weight is 391 g/mol. The molecule has 1 aromatic carbocycles. The number of aliphatic imine (C=N–C) groups is 1. The second-order valence-corrected chi connectivity index (χ2v) is 8.53. The number of fused-ring (bicyclic) bond motifs is 2. The van der Waals surface area contributed by atoms with Crippen LogP contribution < -0.4 is 10.6 Å². The molecule has 2 bridgehead atoms. The molecular weight excluding hydrogens is 360 g/mol. The monoisotopic (exact) mass is 390 g/mol. The van der Waals surface area contributed by atoms with Gasteiger partial charge in [0.1, 0.15) is 0 Å². The predicted octanol–water partition coefficient (Wildman–Crippen LogP) is 3.04. The molecule has 0 aliphatic carbocycles. The van der Waals surface area contributed by atoms with Crippen molar-refractivity contribution in [1.29, 1.82) is 0 Å². The fourth-order valence-electron chi connectivity index (χ4n) is 4.62. The van der Waals surface area contributed by atoms with Crippen molar-refractivity contribution >= 4 is 17.6 Å². The number of hydrogen-bond acceptors (Lipinski definition) is 3. The molecule has 3 unspecified atom stereocenters. The zero-order chi connectivity index (χ0) is 18.6. The normalized spacial score (nSPS) is 29.3. The molecule has 2 N–H and O–H groups in total. The molecular formula is C21H31ClN4O. The molecule has 27 heavy (non-hydrogen) atoms. The average Bonchev–Trinajstić information content (AvgIpc) is 3.31. The number of halogens is 1. The van der Waals surface area contributed by atoms with Gasteiger partial charge >= 0.3 is 0 Å². The number of hydrogen-bond donors (Lipinski definition) is 2. The van der Waals surface area contributed by atoms with Crippen molar-refractivity contribution in [3.63, 3.8) is 0 Å². The third-order valence-electron chi connectivity index (χ3n) is 6.27. The van der Waals surface area contributed by atoms with Gasteiger partial charge in [0.2, 0.25) is 0 Å². The van der Waals surface area contributed by atoms with Gasteiger partial charge in [0.25, 0.3) is 0 Å². The van der Waals surface area contributed by atoms with Gasteiger partial charge in [0, 0.05) is 25.2 Å². The van der Waals surface area contributed by atoms with Gasteiger partial charge in [-0.05, 0) is 62.7 Å². The molecule has 0 radical (unpaired) electrons. The molecule has 6 heteroatoms. The summed E-state index contributed by atoms with van der Waals surface area (Å²) in [5.74, 6) is 1.62. The first kappa shape index (κ1) is 19.0. The summed E-state index contributed by atoms with van der Waals surface area (Å²) in [4.78, 5) is 6.93. The van der Waals surface area contributed by atoms with Crippen molar-refractivity contribution in [2.75, 3.05) is 26.7 Å². The summed E-state index contributed by atoms with van der Waals surface area (Å²) in [6.45, 7) is 4.20. The number of ether oxygens (including phenoxy) is 1. The molecule has 5 nitrogen and oxygen atoms in total. The van der Waals surface area contributed by atoms with Crippen LogP contribution in [0.5, 0.6) is 0 Å². The molecule has 3 heterocycles. The molecule has 3 aliphatic rings. The first-order chi connectivity index (χ1) is 13.2. The number of nitrogens with zero attached hydrogens (tertiary/aromatic N) is 2. The Hall–Kier alpha value is -1.30. The first-order valence-corrected chi connectivity index (χ1v) is 10.7. The van der Waals surface area contributed by atoms with Gasteiger partial charge in [-0.2, -0.15) is 0 Å². The van der Waals surface area contributed by atoms with E-state index < -0.39 is 0 Å². The lowest BCUT2D eigenvalue weighted by Crippen LogP contribution is -2.49. The molecule has 3 fully saturated rings. The Morgan fingerprint density at radius 3 is 2.70 bits per heavy atom. The van der Waals surface area contributed by atoms with E-state index in [0.29, 0.717) is 24.2 Å². The summed E-state index contributed by atoms with van der Waals surface area (Å²) in [5, 5.41) is 7.99. The summed E-state index contributed by atoms with van der Waals surface area (Å²) in [6, 6.07) is 8.59. The Kier molecular flexibility index (Phi) is 6.21. The Bertz CT molecular complexity index is 659. The van der Waals surface area contributed by atoms with Crippen LogP contribution in [-0.4, -0.2) is 55.8 Å². The molecule has 3 aliphatic heterocycles. The van der Waals surface area contributed by atoms with Gasteiger partial charge in [-0.1, -0.05) is 29.8 Å². The van der Waals surface area contributed by atoms with Gasteiger partial charge in [0.05, 0.1) is 18.2 Å². The van der Waals surface area contributed by atoms with Crippen molar-refractivity contribution in [1.82, 2.24) is 15.5 Å². The van der Waals surface area contributed by atoms with Crippen molar-refractivity contribution in [3.8, 4) is 0 Å². The van der Waals surface area contributed by atoms with Crippen LogP contribution in [0.25, 0.3) is 0 Å². The molecule has 1 aromatic rings. The van der Waals surface area contributed by atoms with Crippen molar-refractivity contribution in [3.05, 3.63) is 34.9 Å². The Morgan fingerprint density at radius 1 is 1.22 bits per heavy atom. The quantitative estimate of drug-likeness (QED) is 0.599. The maximum absolute atomic E-state index is 6.30. The fourth-order valence-corrected chi connectivity index (χ4v) is 4.81. The van der Waals surface area contributed by atoms with Crippen LogP contribution in [0.3, 0.4) is 0 Å². The second-order valence-electron chi connectivity index (χ2n) is 8.12. The summed E-state index contributed by atoms with van der Waals surface area (Å²) in [5.41, 5.74) is 1.23. The van der Waals surface area contributed by atoms with Crippen LogP contribution in [0.4, 0.5) is 0 Å². The number of likely N-dealkylation sites (tertiary alicyclic amines) is 1. The van der Waals surface area contributed by atoms with E-state index in [1.807, 2.05) is 19.2 Å². The zero-order valence-corrected chi connectivity index (χ0v) is 16.9. The van der Waals surface area contributed by atoms with E-state index in [2.05, 4.69) is 32.7 Å². The topological polar surface area (TPSA) is 48.9 Å². The van der Waals surface area contributed by atoms with E-state index in [9.17, 15) is 0 Å². The minimum Gasteiger partial charge on any atom is -0.373 e.